The topological polar surface area (TPSA) is 40.5 Å². The normalized spacial score (nSPS) is 31.5. The molecule has 2 aromatic carbocycles. The number of rotatable bonds is 0. The van der Waals surface area contributed by atoms with Crippen molar-refractivity contribution in [1.82, 2.24) is 0 Å². The van der Waals surface area contributed by atoms with Gasteiger partial charge in [0.15, 0.2) is 0 Å². The molecule has 0 heterocycles. The Labute approximate surface area is 112 Å². The molecule has 0 fully saturated rings. The summed E-state index contributed by atoms with van der Waals surface area (Å²) in [5.41, 5.74) is 3.89. The molecule has 2 heteroatoms. The first-order valence-corrected chi connectivity index (χ1v) is 6.77. The first-order chi connectivity index (χ1) is 9.24. The lowest BCUT2D eigenvalue weighted by Gasteiger charge is -2.34. The van der Waals surface area contributed by atoms with Crippen molar-refractivity contribution in [2.45, 2.75) is 30.5 Å². The molecule has 0 saturated heterocycles. The van der Waals surface area contributed by atoms with Gasteiger partial charge in [0.1, 0.15) is 0 Å². The van der Waals surface area contributed by atoms with Crippen LogP contribution in [-0.4, -0.2) is 22.4 Å². The van der Waals surface area contributed by atoms with E-state index in [0.717, 1.165) is 22.3 Å². The molecule has 1 spiro atoms. The Kier molecular flexibility index (Phi) is 2.17. The minimum atomic E-state index is -0.618. The van der Waals surface area contributed by atoms with E-state index in [4.69, 9.17) is 0 Å². The van der Waals surface area contributed by atoms with Crippen molar-refractivity contribution in [1.29, 1.82) is 0 Å². The van der Waals surface area contributed by atoms with Gasteiger partial charge in [-0.1, -0.05) is 48.5 Å². The number of hydrogen-bond donors (Lipinski definition) is 2. The van der Waals surface area contributed by atoms with Crippen LogP contribution in [0.5, 0.6) is 0 Å². The maximum Gasteiger partial charge on any atom is 0.0743 e. The van der Waals surface area contributed by atoms with E-state index in [-0.39, 0.29) is 0 Å². The first-order valence-electron chi connectivity index (χ1n) is 6.77. The molecule has 0 aliphatic heterocycles. The van der Waals surface area contributed by atoms with Gasteiger partial charge in [-0.05, 0) is 35.1 Å². The zero-order valence-corrected chi connectivity index (χ0v) is 10.6. The van der Waals surface area contributed by atoms with Crippen molar-refractivity contribution in [3.63, 3.8) is 0 Å². The van der Waals surface area contributed by atoms with Crippen LogP contribution in [0.2, 0.25) is 0 Å². The smallest absolute Gasteiger partial charge is 0.0743 e. The molecule has 1 unspecified atom stereocenters. The van der Waals surface area contributed by atoms with E-state index < -0.39 is 17.6 Å². The van der Waals surface area contributed by atoms with E-state index in [1.54, 1.807) is 0 Å². The quantitative estimate of drug-likeness (QED) is 0.750. The van der Waals surface area contributed by atoms with Crippen LogP contribution >= 0.6 is 0 Å². The Balaban J connectivity index is 2.04. The first kappa shape index (κ1) is 11.2. The van der Waals surface area contributed by atoms with Crippen LogP contribution in [-0.2, 0) is 18.3 Å². The molecular formula is C17H16O2. The molecule has 0 saturated carbocycles. The van der Waals surface area contributed by atoms with E-state index in [0.29, 0.717) is 12.8 Å². The van der Waals surface area contributed by atoms with E-state index >= 15 is 0 Å². The Morgan fingerprint density at radius 1 is 0.737 bits per heavy atom. The molecule has 2 N–H and O–H groups in total. The second kappa shape index (κ2) is 3.69. The van der Waals surface area contributed by atoms with Gasteiger partial charge in [0.25, 0.3) is 0 Å². The summed E-state index contributed by atoms with van der Waals surface area (Å²) in [6.07, 6.45) is 0.176. The fourth-order valence-corrected chi connectivity index (χ4v) is 4.03. The maximum absolute atomic E-state index is 10.7. The molecule has 2 aromatic rings. The number of hydrogen-bond acceptors (Lipinski definition) is 2. The molecule has 19 heavy (non-hydrogen) atoms. The van der Waals surface area contributed by atoms with Gasteiger partial charge in [0.05, 0.1) is 17.6 Å². The van der Waals surface area contributed by atoms with Gasteiger partial charge in [-0.25, -0.2) is 0 Å². The third-order valence-electron chi connectivity index (χ3n) is 4.80. The highest BCUT2D eigenvalue weighted by molar-refractivity contribution is 5.57. The molecule has 3 atom stereocenters. The van der Waals surface area contributed by atoms with Crippen LogP contribution in [0.1, 0.15) is 22.3 Å². The summed E-state index contributed by atoms with van der Waals surface area (Å²) in [7, 11) is 0. The zero-order valence-electron chi connectivity index (χ0n) is 10.6. The van der Waals surface area contributed by atoms with Crippen LogP contribution in [0.3, 0.4) is 0 Å². The number of aliphatic hydroxyl groups is 2. The predicted octanol–water partition coefficient (Wildman–Crippen LogP) is 1.81. The van der Waals surface area contributed by atoms with Gasteiger partial charge in [-0.15, -0.1) is 0 Å². The SMILES string of the molecule is O[C@@H]1Cc2ccccc2C12c1ccccc1C[C@@H]2O. The van der Waals surface area contributed by atoms with Crippen molar-refractivity contribution < 1.29 is 10.2 Å². The summed E-state index contributed by atoms with van der Waals surface area (Å²) in [6, 6.07) is 16.2. The predicted molar refractivity (Wildman–Crippen MR) is 73.1 cm³/mol. The third-order valence-corrected chi connectivity index (χ3v) is 4.80. The average molecular weight is 252 g/mol. The summed E-state index contributed by atoms with van der Waals surface area (Å²) >= 11 is 0. The molecule has 0 bridgehead atoms. The summed E-state index contributed by atoms with van der Waals surface area (Å²) in [6.45, 7) is 0. The number of benzene rings is 2. The second-order valence-electron chi connectivity index (χ2n) is 5.62. The van der Waals surface area contributed by atoms with Gasteiger partial charge in [0, 0.05) is 0 Å². The van der Waals surface area contributed by atoms with Gasteiger partial charge in [-0.2, -0.15) is 0 Å². The lowest BCUT2D eigenvalue weighted by Crippen LogP contribution is -2.44. The largest absolute Gasteiger partial charge is 0.391 e. The van der Waals surface area contributed by atoms with Crippen molar-refractivity contribution in [3.05, 3.63) is 70.8 Å². The zero-order chi connectivity index (χ0) is 13.0. The van der Waals surface area contributed by atoms with Crippen LogP contribution in [0, 0.1) is 0 Å². The van der Waals surface area contributed by atoms with Crippen molar-refractivity contribution in [2.24, 2.45) is 0 Å². The van der Waals surface area contributed by atoms with Gasteiger partial charge in [0.2, 0.25) is 0 Å². The van der Waals surface area contributed by atoms with E-state index in [1.807, 2.05) is 24.3 Å². The van der Waals surface area contributed by atoms with Crippen LogP contribution in [0.4, 0.5) is 0 Å². The fourth-order valence-electron chi connectivity index (χ4n) is 4.03. The van der Waals surface area contributed by atoms with Crippen molar-refractivity contribution in [2.75, 3.05) is 0 Å². The minimum Gasteiger partial charge on any atom is -0.391 e. The molecule has 96 valence electrons. The molecule has 2 aliphatic carbocycles. The highest BCUT2D eigenvalue weighted by Gasteiger charge is 2.56. The highest BCUT2D eigenvalue weighted by Crippen LogP contribution is 2.52. The Hall–Kier alpha value is -1.64. The molecule has 0 aromatic heterocycles. The lowest BCUT2D eigenvalue weighted by molar-refractivity contribution is 0.0288. The van der Waals surface area contributed by atoms with Crippen LogP contribution in [0.15, 0.2) is 48.5 Å². The summed E-state index contributed by atoms with van der Waals surface area (Å²) in [5.74, 6) is 0. The van der Waals surface area contributed by atoms with Crippen LogP contribution < -0.4 is 0 Å². The minimum absolute atomic E-state index is 0.538. The lowest BCUT2D eigenvalue weighted by atomic mass is 9.73. The van der Waals surface area contributed by atoms with E-state index in [2.05, 4.69) is 24.3 Å². The Morgan fingerprint density at radius 3 is 1.63 bits per heavy atom. The molecular weight excluding hydrogens is 236 g/mol. The molecule has 2 aliphatic rings. The van der Waals surface area contributed by atoms with Gasteiger partial charge in [-0.3, -0.25) is 0 Å². The Bertz CT molecular complexity index is 590. The van der Waals surface area contributed by atoms with Gasteiger partial charge >= 0.3 is 0 Å². The van der Waals surface area contributed by atoms with E-state index in [9.17, 15) is 10.2 Å². The molecule has 0 radical (unpaired) electrons. The highest BCUT2D eigenvalue weighted by atomic mass is 16.3. The third kappa shape index (κ3) is 1.23. The van der Waals surface area contributed by atoms with Crippen molar-refractivity contribution >= 4 is 0 Å². The second-order valence-corrected chi connectivity index (χ2v) is 5.62. The molecule has 4 rings (SSSR count). The Morgan fingerprint density at radius 2 is 1.16 bits per heavy atom. The summed E-state index contributed by atoms with van der Waals surface area (Å²) in [5, 5.41) is 21.3. The average Bonchev–Trinajstić information content (AvgIpc) is 2.88. The van der Waals surface area contributed by atoms with Gasteiger partial charge < -0.3 is 10.2 Å². The van der Waals surface area contributed by atoms with Crippen molar-refractivity contribution in [3.8, 4) is 0 Å². The molecule has 0 amide bonds. The molecule has 2 nitrogen and oxygen atoms in total. The number of fused-ring (bicyclic) bond motifs is 4. The summed E-state index contributed by atoms with van der Waals surface area (Å²) < 4.78 is 0. The monoisotopic (exact) mass is 252 g/mol. The maximum atomic E-state index is 10.7. The number of aliphatic hydroxyl groups excluding tert-OH is 2. The van der Waals surface area contributed by atoms with Crippen LogP contribution in [0.25, 0.3) is 0 Å². The van der Waals surface area contributed by atoms with E-state index in [1.165, 1.54) is 0 Å². The standard InChI is InChI=1S/C17H16O2/c18-15-9-11-5-1-3-7-13(11)17(15)14-8-4-2-6-12(14)10-16(17)19/h1-8,15-16,18-19H,9-10H2/t15-,16+,17?. The fraction of sp³-hybridized carbons (Fsp3) is 0.294. The summed E-state index contributed by atoms with van der Waals surface area (Å²) in [4.78, 5) is 0.